The van der Waals surface area contributed by atoms with E-state index in [1.807, 2.05) is 0 Å². The number of rotatable bonds is 7. The van der Waals surface area contributed by atoms with Gasteiger partial charge < -0.3 is 9.47 Å². The van der Waals surface area contributed by atoms with E-state index >= 15 is 0 Å². The molecule has 0 atom stereocenters. The third-order valence-electron chi connectivity index (χ3n) is 2.32. The first-order valence-corrected chi connectivity index (χ1v) is 6.26. The first kappa shape index (κ1) is 13.7. The molecule has 0 aliphatic heterocycles. The van der Waals surface area contributed by atoms with Crippen LogP contribution in [-0.2, 0) is 0 Å². The standard InChI is InChI=1S/C13H17NO2S/c1-15-12-7-11(10-14)8-13(9-12)16-5-3-2-4-6-17/h7-9,17H,2-6H2,1H3. The van der Waals surface area contributed by atoms with E-state index < -0.39 is 0 Å². The molecule has 0 radical (unpaired) electrons. The van der Waals surface area contributed by atoms with E-state index in [4.69, 9.17) is 14.7 Å². The predicted molar refractivity (Wildman–Crippen MR) is 70.9 cm³/mol. The average Bonchev–Trinajstić information content (AvgIpc) is 2.38. The van der Waals surface area contributed by atoms with Crippen molar-refractivity contribution in [1.29, 1.82) is 5.26 Å². The van der Waals surface area contributed by atoms with Gasteiger partial charge >= 0.3 is 0 Å². The highest BCUT2D eigenvalue weighted by Gasteiger charge is 2.01. The Bertz CT molecular complexity index is 387. The second-order valence-corrected chi connectivity index (χ2v) is 4.09. The molecular formula is C13H17NO2S. The molecule has 3 nitrogen and oxygen atoms in total. The number of ether oxygens (including phenoxy) is 2. The van der Waals surface area contributed by atoms with Crippen molar-refractivity contribution in [1.82, 2.24) is 0 Å². The summed E-state index contributed by atoms with van der Waals surface area (Å²) in [4.78, 5) is 0. The van der Waals surface area contributed by atoms with E-state index in [0.717, 1.165) is 25.0 Å². The minimum Gasteiger partial charge on any atom is -0.497 e. The van der Waals surface area contributed by atoms with Gasteiger partial charge in [0.15, 0.2) is 0 Å². The molecule has 0 fully saturated rings. The summed E-state index contributed by atoms with van der Waals surface area (Å²) >= 11 is 4.15. The molecule has 4 heteroatoms. The van der Waals surface area contributed by atoms with Crippen LogP contribution in [0, 0.1) is 11.3 Å². The Labute approximate surface area is 108 Å². The first-order chi connectivity index (χ1) is 8.30. The van der Waals surface area contributed by atoms with E-state index in [2.05, 4.69) is 18.7 Å². The van der Waals surface area contributed by atoms with Gasteiger partial charge in [-0.05, 0) is 37.1 Å². The number of benzene rings is 1. The minimum atomic E-state index is 0.551. The van der Waals surface area contributed by atoms with Gasteiger partial charge in [0.05, 0.1) is 25.3 Å². The number of hydrogen-bond donors (Lipinski definition) is 1. The summed E-state index contributed by atoms with van der Waals surface area (Å²) in [6, 6.07) is 7.29. The molecule has 1 aromatic carbocycles. The maximum Gasteiger partial charge on any atom is 0.124 e. The van der Waals surface area contributed by atoms with Crippen molar-refractivity contribution in [2.75, 3.05) is 19.5 Å². The van der Waals surface area contributed by atoms with Gasteiger partial charge in [-0.3, -0.25) is 0 Å². The second-order valence-electron chi connectivity index (χ2n) is 3.64. The maximum atomic E-state index is 8.85. The lowest BCUT2D eigenvalue weighted by Crippen LogP contribution is -1.98. The number of thiol groups is 1. The fourth-order valence-electron chi connectivity index (χ4n) is 1.42. The number of nitriles is 1. The molecule has 0 aromatic heterocycles. The minimum absolute atomic E-state index is 0.551. The van der Waals surface area contributed by atoms with Crippen molar-refractivity contribution in [3.63, 3.8) is 0 Å². The molecule has 0 saturated carbocycles. The van der Waals surface area contributed by atoms with E-state index in [-0.39, 0.29) is 0 Å². The van der Waals surface area contributed by atoms with Crippen LogP contribution in [0.4, 0.5) is 0 Å². The Morgan fingerprint density at radius 1 is 1.18 bits per heavy atom. The Morgan fingerprint density at radius 3 is 2.59 bits per heavy atom. The molecule has 0 amide bonds. The fraction of sp³-hybridized carbons (Fsp3) is 0.462. The highest BCUT2D eigenvalue weighted by atomic mass is 32.1. The van der Waals surface area contributed by atoms with Crippen LogP contribution in [-0.4, -0.2) is 19.5 Å². The Hall–Kier alpha value is -1.34. The molecule has 17 heavy (non-hydrogen) atoms. The third kappa shape index (κ3) is 5.01. The normalized spacial score (nSPS) is 9.71. The lowest BCUT2D eigenvalue weighted by atomic mass is 10.2. The first-order valence-electron chi connectivity index (χ1n) is 5.63. The van der Waals surface area contributed by atoms with Crippen LogP contribution < -0.4 is 9.47 Å². The molecule has 0 aliphatic carbocycles. The zero-order valence-corrected chi connectivity index (χ0v) is 10.9. The van der Waals surface area contributed by atoms with Gasteiger partial charge in [0.2, 0.25) is 0 Å². The lowest BCUT2D eigenvalue weighted by Gasteiger charge is -2.08. The van der Waals surface area contributed by atoms with Gasteiger partial charge in [-0.15, -0.1) is 0 Å². The summed E-state index contributed by atoms with van der Waals surface area (Å²) in [5.74, 6) is 2.25. The topological polar surface area (TPSA) is 42.2 Å². The summed E-state index contributed by atoms with van der Waals surface area (Å²) in [5.41, 5.74) is 0.551. The molecule has 0 saturated heterocycles. The van der Waals surface area contributed by atoms with Crippen molar-refractivity contribution >= 4 is 12.6 Å². The molecule has 1 aromatic rings. The Balaban J connectivity index is 2.50. The van der Waals surface area contributed by atoms with Gasteiger partial charge in [0, 0.05) is 6.07 Å². The zero-order chi connectivity index (χ0) is 12.5. The smallest absolute Gasteiger partial charge is 0.124 e. The summed E-state index contributed by atoms with van der Waals surface area (Å²) in [6.07, 6.45) is 3.21. The number of hydrogen-bond acceptors (Lipinski definition) is 4. The van der Waals surface area contributed by atoms with Crippen molar-refractivity contribution in [3.8, 4) is 17.6 Å². The van der Waals surface area contributed by atoms with Gasteiger partial charge in [0.1, 0.15) is 11.5 Å². The Kier molecular flexibility index (Phi) is 6.34. The summed E-state index contributed by atoms with van der Waals surface area (Å²) in [5, 5.41) is 8.85. The van der Waals surface area contributed by atoms with Crippen molar-refractivity contribution < 1.29 is 9.47 Å². The van der Waals surface area contributed by atoms with E-state index in [1.165, 1.54) is 0 Å². The molecule has 1 rings (SSSR count). The van der Waals surface area contributed by atoms with Crippen molar-refractivity contribution in [2.45, 2.75) is 19.3 Å². The highest BCUT2D eigenvalue weighted by Crippen LogP contribution is 2.22. The molecule has 0 heterocycles. The van der Waals surface area contributed by atoms with Crippen LogP contribution in [0.2, 0.25) is 0 Å². The van der Waals surface area contributed by atoms with Gasteiger partial charge in [-0.1, -0.05) is 0 Å². The number of methoxy groups -OCH3 is 1. The van der Waals surface area contributed by atoms with Crippen LogP contribution in [0.5, 0.6) is 11.5 Å². The van der Waals surface area contributed by atoms with Crippen LogP contribution in [0.25, 0.3) is 0 Å². The van der Waals surface area contributed by atoms with Gasteiger partial charge in [0.25, 0.3) is 0 Å². The van der Waals surface area contributed by atoms with Crippen molar-refractivity contribution in [3.05, 3.63) is 23.8 Å². The van der Waals surface area contributed by atoms with Gasteiger partial charge in [-0.2, -0.15) is 17.9 Å². The molecular weight excluding hydrogens is 234 g/mol. The summed E-state index contributed by atoms with van der Waals surface area (Å²) < 4.78 is 10.7. The summed E-state index contributed by atoms with van der Waals surface area (Å²) in [7, 11) is 1.58. The van der Waals surface area contributed by atoms with Crippen LogP contribution in [0.15, 0.2) is 18.2 Å². The van der Waals surface area contributed by atoms with E-state index in [0.29, 0.717) is 23.7 Å². The van der Waals surface area contributed by atoms with Crippen LogP contribution >= 0.6 is 12.6 Å². The van der Waals surface area contributed by atoms with E-state index in [1.54, 1.807) is 25.3 Å². The van der Waals surface area contributed by atoms with Crippen LogP contribution in [0.3, 0.4) is 0 Å². The quantitative estimate of drug-likeness (QED) is 0.598. The van der Waals surface area contributed by atoms with Crippen molar-refractivity contribution in [2.24, 2.45) is 0 Å². The largest absolute Gasteiger partial charge is 0.497 e. The third-order valence-corrected chi connectivity index (χ3v) is 2.63. The predicted octanol–water partition coefficient (Wildman–Crippen LogP) is 3.05. The molecule has 0 aliphatic rings. The Morgan fingerprint density at radius 2 is 1.94 bits per heavy atom. The van der Waals surface area contributed by atoms with Crippen LogP contribution in [0.1, 0.15) is 24.8 Å². The van der Waals surface area contributed by atoms with E-state index in [9.17, 15) is 0 Å². The maximum absolute atomic E-state index is 8.85. The average molecular weight is 251 g/mol. The zero-order valence-electron chi connectivity index (χ0n) is 9.98. The number of unbranched alkanes of at least 4 members (excludes halogenated alkanes) is 2. The monoisotopic (exact) mass is 251 g/mol. The molecule has 0 N–H and O–H groups in total. The summed E-state index contributed by atoms with van der Waals surface area (Å²) in [6.45, 7) is 0.659. The highest BCUT2D eigenvalue weighted by molar-refractivity contribution is 7.80. The SMILES string of the molecule is COc1cc(C#N)cc(OCCCCCS)c1. The van der Waals surface area contributed by atoms with Gasteiger partial charge in [-0.25, -0.2) is 0 Å². The molecule has 92 valence electrons. The molecule has 0 bridgehead atoms. The molecule has 0 unspecified atom stereocenters. The molecule has 0 spiro atoms. The number of nitrogens with zero attached hydrogens (tertiary/aromatic N) is 1. The lowest BCUT2D eigenvalue weighted by molar-refractivity contribution is 0.304. The fourth-order valence-corrected chi connectivity index (χ4v) is 1.64. The second kappa shape index (κ2) is 7.86.